The summed E-state index contributed by atoms with van der Waals surface area (Å²) in [5, 5.41) is 1.66. The van der Waals surface area contributed by atoms with Crippen molar-refractivity contribution in [2.75, 3.05) is 0 Å². The molecule has 0 saturated heterocycles. The fourth-order valence-corrected chi connectivity index (χ4v) is 4.43. The minimum absolute atomic E-state index is 0.00283. The van der Waals surface area contributed by atoms with Crippen molar-refractivity contribution < 1.29 is 25.6 Å². The van der Waals surface area contributed by atoms with Gasteiger partial charge in [0.25, 0.3) is 10.1 Å². The van der Waals surface area contributed by atoms with Gasteiger partial charge in [0, 0.05) is 0 Å². The summed E-state index contributed by atoms with van der Waals surface area (Å²) >= 11 is 0. The van der Waals surface area contributed by atoms with Crippen LogP contribution in [0.15, 0.2) is 64.4 Å². The van der Waals surface area contributed by atoms with Crippen LogP contribution in [-0.2, 0) is 20.2 Å². The third-order valence-corrected chi connectivity index (χ3v) is 6.19. The third kappa shape index (κ3) is 3.57. The van der Waals surface area contributed by atoms with Crippen LogP contribution < -0.4 is 4.18 Å². The van der Waals surface area contributed by atoms with E-state index in [2.05, 4.69) is 0 Å². The number of hydrogen-bond donors (Lipinski definition) is 1. The molecule has 0 fully saturated rings. The van der Waals surface area contributed by atoms with Crippen molar-refractivity contribution in [3.63, 3.8) is 0 Å². The summed E-state index contributed by atoms with van der Waals surface area (Å²) in [6, 6.07) is 14.4. The van der Waals surface area contributed by atoms with E-state index in [4.69, 9.17) is 4.18 Å². The lowest BCUT2D eigenvalue weighted by Crippen LogP contribution is -2.11. The van der Waals surface area contributed by atoms with Gasteiger partial charge in [-0.1, -0.05) is 30.3 Å². The van der Waals surface area contributed by atoms with E-state index in [1.165, 1.54) is 38.1 Å². The first kappa shape index (κ1) is 18.4. The molecule has 0 unspecified atom stereocenters. The smallest absolute Gasteiger partial charge is 0.339 e. The predicted octanol–water partition coefficient (Wildman–Crippen LogP) is 3.47. The zero-order valence-electron chi connectivity index (χ0n) is 14.0. The summed E-state index contributed by atoms with van der Waals surface area (Å²) in [6.45, 7) is 2.94. The van der Waals surface area contributed by atoms with Gasteiger partial charge in [-0.05, 0) is 60.0 Å². The van der Waals surface area contributed by atoms with Gasteiger partial charge in [0.1, 0.15) is 10.6 Å². The first-order valence-corrected chi connectivity index (χ1v) is 10.4. The fraction of sp³-hybridized carbons (Fsp3) is 0.111. The van der Waals surface area contributed by atoms with E-state index < -0.39 is 20.2 Å². The summed E-state index contributed by atoms with van der Waals surface area (Å²) in [6.07, 6.45) is 0. The standard InChI is InChI=1S/C18H16O6S2/c1-12-10-18(25(19,20)21)13(2)9-17(12)24-26(22,23)16-8-7-14-5-3-4-6-15(14)11-16/h3-11H,1-2H3,(H,19,20,21). The SMILES string of the molecule is Cc1cc(S(=O)(=O)O)c(C)cc1OS(=O)(=O)c1ccc2ccccc2c1. The Kier molecular flexibility index (Phi) is 4.51. The Morgan fingerprint density at radius 1 is 0.808 bits per heavy atom. The Balaban J connectivity index is 2.02. The van der Waals surface area contributed by atoms with Crippen molar-refractivity contribution in [1.82, 2.24) is 0 Å². The average Bonchev–Trinajstić information content (AvgIpc) is 2.56. The molecule has 3 aromatic rings. The summed E-state index contributed by atoms with van der Waals surface area (Å²) in [5.41, 5.74) is 0.453. The second-order valence-electron chi connectivity index (χ2n) is 5.90. The van der Waals surface area contributed by atoms with Gasteiger partial charge in [0.05, 0.1) is 4.90 Å². The average molecular weight is 392 g/mol. The maximum atomic E-state index is 12.6. The Bertz CT molecular complexity index is 1210. The molecule has 0 aliphatic heterocycles. The molecule has 1 N–H and O–H groups in total. The van der Waals surface area contributed by atoms with Gasteiger partial charge in [-0.25, -0.2) is 0 Å². The molecule has 0 aliphatic rings. The van der Waals surface area contributed by atoms with Crippen molar-refractivity contribution >= 4 is 31.0 Å². The van der Waals surface area contributed by atoms with Crippen LogP contribution in [0.25, 0.3) is 10.8 Å². The fourth-order valence-electron chi connectivity index (χ4n) is 2.62. The van der Waals surface area contributed by atoms with E-state index >= 15 is 0 Å². The van der Waals surface area contributed by atoms with Crippen LogP contribution in [0.5, 0.6) is 5.75 Å². The van der Waals surface area contributed by atoms with Gasteiger partial charge < -0.3 is 4.18 Å². The van der Waals surface area contributed by atoms with E-state index in [0.717, 1.165) is 10.8 Å². The first-order valence-electron chi connectivity index (χ1n) is 7.60. The molecule has 0 aromatic heterocycles. The normalized spacial score (nSPS) is 12.3. The van der Waals surface area contributed by atoms with Crippen LogP contribution in [0.3, 0.4) is 0 Å². The number of aryl methyl sites for hydroxylation is 2. The summed E-state index contributed by atoms with van der Waals surface area (Å²) in [5.74, 6) is 0.00283. The number of benzene rings is 3. The largest absolute Gasteiger partial charge is 0.379 e. The van der Waals surface area contributed by atoms with Gasteiger partial charge in [0.15, 0.2) is 0 Å². The molecule has 136 valence electrons. The van der Waals surface area contributed by atoms with Crippen LogP contribution in [-0.4, -0.2) is 21.4 Å². The van der Waals surface area contributed by atoms with Crippen molar-refractivity contribution in [2.24, 2.45) is 0 Å². The lowest BCUT2D eigenvalue weighted by Gasteiger charge is -2.12. The van der Waals surface area contributed by atoms with Crippen LogP contribution in [0.4, 0.5) is 0 Å². The highest BCUT2D eigenvalue weighted by atomic mass is 32.2. The Labute approximate surface area is 151 Å². The quantitative estimate of drug-likeness (QED) is 0.539. The highest BCUT2D eigenvalue weighted by Crippen LogP contribution is 2.29. The lowest BCUT2D eigenvalue weighted by molar-refractivity contribution is 0.480. The molecule has 26 heavy (non-hydrogen) atoms. The van der Waals surface area contributed by atoms with E-state index in [9.17, 15) is 21.4 Å². The second-order valence-corrected chi connectivity index (χ2v) is 8.84. The number of rotatable bonds is 4. The highest BCUT2D eigenvalue weighted by molar-refractivity contribution is 7.87. The van der Waals surface area contributed by atoms with Gasteiger partial charge >= 0.3 is 10.1 Å². The second kappa shape index (κ2) is 6.39. The van der Waals surface area contributed by atoms with E-state index in [1.54, 1.807) is 18.2 Å². The molecule has 0 radical (unpaired) electrons. The summed E-state index contributed by atoms with van der Waals surface area (Å²) in [7, 11) is -8.50. The molecule has 6 nitrogen and oxygen atoms in total. The molecule has 0 amide bonds. The summed E-state index contributed by atoms with van der Waals surface area (Å²) in [4.78, 5) is -0.294. The van der Waals surface area contributed by atoms with Crippen molar-refractivity contribution in [2.45, 2.75) is 23.6 Å². The van der Waals surface area contributed by atoms with Gasteiger partial charge in [-0.2, -0.15) is 16.8 Å². The molecule has 3 rings (SSSR count). The van der Waals surface area contributed by atoms with Crippen molar-refractivity contribution in [3.8, 4) is 5.75 Å². The Morgan fingerprint density at radius 2 is 1.46 bits per heavy atom. The van der Waals surface area contributed by atoms with E-state index in [0.29, 0.717) is 0 Å². The maximum Gasteiger partial charge on any atom is 0.339 e. The minimum atomic E-state index is -4.40. The Morgan fingerprint density at radius 3 is 2.12 bits per heavy atom. The van der Waals surface area contributed by atoms with E-state index in [-0.39, 0.29) is 26.7 Å². The molecule has 0 bridgehead atoms. The molecular weight excluding hydrogens is 376 g/mol. The third-order valence-electron chi connectivity index (χ3n) is 3.96. The van der Waals surface area contributed by atoms with Gasteiger partial charge in [-0.3, -0.25) is 4.55 Å². The number of fused-ring (bicyclic) bond motifs is 1. The maximum absolute atomic E-state index is 12.6. The topological polar surface area (TPSA) is 97.7 Å². The number of hydrogen-bond acceptors (Lipinski definition) is 5. The van der Waals surface area contributed by atoms with Gasteiger partial charge in [0.2, 0.25) is 0 Å². The van der Waals surface area contributed by atoms with Crippen LogP contribution in [0.2, 0.25) is 0 Å². The molecule has 3 aromatic carbocycles. The van der Waals surface area contributed by atoms with Crippen molar-refractivity contribution in [1.29, 1.82) is 0 Å². The highest BCUT2D eigenvalue weighted by Gasteiger charge is 2.21. The molecule has 8 heteroatoms. The summed E-state index contributed by atoms with van der Waals surface area (Å²) < 4.78 is 62.3. The molecule has 0 aliphatic carbocycles. The monoisotopic (exact) mass is 392 g/mol. The van der Waals surface area contributed by atoms with Crippen LogP contribution in [0, 0.1) is 13.8 Å². The zero-order chi connectivity index (χ0) is 19.1. The van der Waals surface area contributed by atoms with Crippen molar-refractivity contribution in [3.05, 3.63) is 65.7 Å². The van der Waals surface area contributed by atoms with E-state index in [1.807, 2.05) is 12.1 Å². The minimum Gasteiger partial charge on any atom is -0.379 e. The molecule has 0 atom stereocenters. The molecular formula is C18H16O6S2. The van der Waals surface area contributed by atoms with Crippen LogP contribution >= 0.6 is 0 Å². The lowest BCUT2D eigenvalue weighted by atomic mass is 10.1. The van der Waals surface area contributed by atoms with Crippen LogP contribution in [0.1, 0.15) is 11.1 Å². The molecule has 0 spiro atoms. The predicted molar refractivity (Wildman–Crippen MR) is 97.5 cm³/mol. The molecule has 0 heterocycles. The zero-order valence-corrected chi connectivity index (χ0v) is 15.6. The first-order chi connectivity index (χ1) is 12.1. The molecule has 0 saturated carbocycles. The Hall–Kier alpha value is -2.42. The van der Waals surface area contributed by atoms with Gasteiger partial charge in [-0.15, -0.1) is 0 Å².